The number of allylic oxidation sites excluding steroid dienone is 1. The number of hydrogen-bond donors (Lipinski definition) is 3. The lowest BCUT2D eigenvalue weighted by atomic mass is 10.2. The van der Waals surface area contributed by atoms with Gasteiger partial charge in [-0.15, -0.1) is 0 Å². The molecule has 1 aliphatic heterocycles. The molecule has 0 aliphatic carbocycles. The van der Waals surface area contributed by atoms with E-state index in [1.54, 1.807) is 6.92 Å². The van der Waals surface area contributed by atoms with Gasteiger partial charge in [-0.05, 0) is 43.2 Å². The molecule has 4 N–H and O–H groups in total. The number of ether oxygens (including phenoxy) is 2. The highest BCUT2D eigenvalue weighted by Gasteiger charge is 2.16. The molecule has 10 heteroatoms. The Balaban J connectivity index is 1.51. The Labute approximate surface area is 165 Å². The van der Waals surface area contributed by atoms with Crippen LogP contribution in [0, 0.1) is 0 Å². The fraction of sp³-hybridized carbons (Fsp3) is 0.316. The van der Waals surface area contributed by atoms with Crippen molar-refractivity contribution in [2.45, 2.75) is 33.5 Å². The van der Waals surface area contributed by atoms with Gasteiger partial charge in [0.15, 0.2) is 11.5 Å². The zero-order valence-electron chi connectivity index (χ0n) is 16.3. The van der Waals surface area contributed by atoms with Gasteiger partial charge in [-0.3, -0.25) is 5.73 Å². The van der Waals surface area contributed by atoms with Crippen molar-refractivity contribution in [2.75, 3.05) is 12.5 Å². The first kappa shape index (κ1) is 18.7. The highest BCUT2D eigenvalue weighted by atomic mass is 16.7. The topological polar surface area (TPSA) is 124 Å². The SMILES string of the molecule is CCn1c(=O)[nH]n(C/C(C)=C\c2c[n+](Cc3ccc4c(c3)OCO4)c(N)[nH]2)c1=O. The van der Waals surface area contributed by atoms with E-state index in [9.17, 15) is 9.59 Å². The van der Waals surface area contributed by atoms with Crippen LogP contribution in [-0.4, -0.2) is 26.1 Å². The molecule has 29 heavy (non-hydrogen) atoms. The molecule has 0 amide bonds. The van der Waals surface area contributed by atoms with E-state index in [0.717, 1.165) is 32.9 Å². The van der Waals surface area contributed by atoms with Crippen molar-refractivity contribution in [3.05, 3.63) is 62.2 Å². The Bertz CT molecular complexity index is 1200. The van der Waals surface area contributed by atoms with Crippen LogP contribution in [0.4, 0.5) is 5.95 Å². The van der Waals surface area contributed by atoms with Crippen LogP contribution in [0.2, 0.25) is 0 Å². The fourth-order valence-corrected chi connectivity index (χ4v) is 3.33. The van der Waals surface area contributed by atoms with Crippen LogP contribution < -0.4 is 31.2 Å². The number of imidazole rings is 1. The minimum atomic E-state index is -0.406. The van der Waals surface area contributed by atoms with Crippen molar-refractivity contribution < 1.29 is 14.0 Å². The van der Waals surface area contributed by atoms with E-state index in [0.29, 0.717) is 19.0 Å². The van der Waals surface area contributed by atoms with Crippen molar-refractivity contribution in [1.29, 1.82) is 0 Å². The fourth-order valence-electron chi connectivity index (χ4n) is 3.33. The number of nitrogens with zero attached hydrogens (tertiary/aromatic N) is 3. The first-order chi connectivity index (χ1) is 13.9. The minimum Gasteiger partial charge on any atom is -0.454 e. The van der Waals surface area contributed by atoms with Gasteiger partial charge in [0.1, 0.15) is 11.9 Å². The molecule has 1 aliphatic rings. The average molecular weight is 399 g/mol. The van der Waals surface area contributed by atoms with Gasteiger partial charge < -0.3 is 9.47 Å². The molecule has 2 aromatic heterocycles. The molecule has 0 atom stereocenters. The van der Waals surface area contributed by atoms with Gasteiger partial charge in [-0.25, -0.2) is 33.5 Å². The van der Waals surface area contributed by atoms with Gasteiger partial charge in [0, 0.05) is 6.54 Å². The van der Waals surface area contributed by atoms with E-state index < -0.39 is 5.69 Å². The smallest absolute Gasteiger partial charge is 0.353 e. The van der Waals surface area contributed by atoms with E-state index in [-0.39, 0.29) is 19.0 Å². The molecule has 3 heterocycles. The average Bonchev–Trinajstić information content (AvgIpc) is 3.34. The van der Waals surface area contributed by atoms with Gasteiger partial charge in [0.2, 0.25) is 6.79 Å². The van der Waals surface area contributed by atoms with Crippen molar-refractivity contribution in [2.24, 2.45) is 0 Å². The lowest BCUT2D eigenvalue weighted by molar-refractivity contribution is -0.672. The molecule has 0 saturated heterocycles. The number of aromatic nitrogens is 5. The van der Waals surface area contributed by atoms with Crippen LogP contribution in [0.3, 0.4) is 0 Å². The molecule has 0 spiro atoms. The van der Waals surface area contributed by atoms with E-state index in [4.69, 9.17) is 15.2 Å². The summed E-state index contributed by atoms with van der Waals surface area (Å²) in [6, 6.07) is 5.78. The van der Waals surface area contributed by atoms with Gasteiger partial charge >= 0.3 is 17.3 Å². The summed E-state index contributed by atoms with van der Waals surface area (Å²) in [6.45, 7) is 5.05. The number of H-pyrrole nitrogens is 2. The van der Waals surface area contributed by atoms with Gasteiger partial charge in [0.25, 0.3) is 0 Å². The summed E-state index contributed by atoms with van der Waals surface area (Å²) in [5.74, 6) is 1.97. The number of nitrogens with two attached hydrogens (primary N) is 1. The second kappa shape index (κ2) is 7.38. The van der Waals surface area contributed by atoms with E-state index >= 15 is 0 Å². The molecule has 0 bridgehead atoms. The molecule has 0 fully saturated rings. The molecule has 10 nitrogen and oxygen atoms in total. The van der Waals surface area contributed by atoms with Gasteiger partial charge in [-0.1, -0.05) is 6.07 Å². The third-order valence-electron chi connectivity index (χ3n) is 4.73. The van der Waals surface area contributed by atoms with E-state index in [1.165, 1.54) is 4.68 Å². The maximum atomic E-state index is 12.2. The monoisotopic (exact) mass is 399 g/mol. The molecular formula is C19H23N6O4+. The van der Waals surface area contributed by atoms with Crippen LogP contribution in [0.5, 0.6) is 11.5 Å². The minimum absolute atomic E-state index is 0.239. The predicted molar refractivity (Wildman–Crippen MR) is 106 cm³/mol. The molecule has 1 aromatic carbocycles. The summed E-state index contributed by atoms with van der Waals surface area (Å²) >= 11 is 0. The van der Waals surface area contributed by atoms with Crippen molar-refractivity contribution in [1.82, 2.24) is 19.3 Å². The second-order valence-electron chi connectivity index (χ2n) is 6.93. The van der Waals surface area contributed by atoms with Crippen molar-refractivity contribution in [3.63, 3.8) is 0 Å². The predicted octanol–water partition coefficient (Wildman–Crippen LogP) is 0.436. The standard InChI is InChI=1S/C19H22N6O4/c1-3-24-18(26)22-25(19(24)27)8-12(2)6-14-10-23(17(20)21-14)9-13-4-5-15-16(7-13)29-11-28-15/h4-7,10H,3,8-9,11H2,1-2H3,(H3,20,21,22,26)/p+1/b12-6-. The normalized spacial score (nSPS) is 13.2. The number of benzene rings is 1. The van der Waals surface area contributed by atoms with Gasteiger partial charge in [0.05, 0.1) is 13.1 Å². The summed E-state index contributed by atoms with van der Waals surface area (Å²) < 4.78 is 15.1. The zero-order valence-corrected chi connectivity index (χ0v) is 16.3. The first-order valence-electron chi connectivity index (χ1n) is 9.28. The summed E-state index contributed by atoms with van der Waals surface area (Å²) in [4.78, 5) is 27.0. The lowest BCUT2D eigenvalue weighted by Gasteiger charge is -2.02. The highest BCUT2D eigenvalue weighted by molar-refractivity contribution is 5.48. The third-order valence-corrected chi connectivity index (χ3v) is 4.73. The Hall–Kier alpha value is -3.69. The quantitative estimate of drug-likeness (QED) is 0.519. The largest absolute Gasteiger partial charge is 0.454 e. The second-order valence-corrected chi connectivity index (χ2v) is 6.93. The van der Waals surface area contributed by atoms with Crippen LogP contribution in [0.1, 0.15) is 25.1 Å². The summed E-state index contributed by atoms with van der Waals surface area (Å²) in [7, 11) is 0. The number of fused-ring (bicyclic) bond motifs is 1. The summed E-state index contributed by atoms with van der Waals surface area (Å²) in [5, 5.41) is 2.56. The Morgan fingerprint density at radius 2 is 2.10 bits per heavy atom. The maximum Gasteiger partial charge on any atom is 0.353 e. The first-order valence-corrected chi connectivity index (χ1v) is 9.28. The number of hydrogen-bond acceptors (Lipinski definition) is 5. The van der Waals surface area contributed by atoms with Crippen molar-refractivity contribution >= 4 is 12.0 Å². The molecule has 0 unspecified atom stereocenters. The molecule has 0 saturated carbocycles. The van der Waals surface area contributed by atoms with Crippen molar-refractivity contribution in [3.8, 4) is 11.5 Å². The molecular weight excluding hydrogens is 376 g/mol. The lowest BCUT2D eigenvalue weighted by Crippen LogP contribution is -2.35. The Morgan fingerprint density at radius 1 is 1.31 bits per heavy atom. The zero-order chi connectivity index (χ0) is 20.5. The Morgan fingerprint density at radius 3 is 2.86 bits per heavy atom. The number of anilines is 1. The molecule has 3 aromatic rings. The van der Waals surface area contributed by atoms with Crippen LogP contribution in [0.25, 0.3) is 6.08 Å². The highest BCUT2D eigenvalue weighted by Crippen LogP contribution is 2.32. The van der Waals surface area contributed by atoms with E-state index in [1.807, 2.05) is 42.0 Å². The molecule has 0 radical (unpaired) electrons. The van der Waals surface area contributed by atoms with Crippen LogP contribution in [-0.2, 0) is 19.6 Å². The van der Waals surface area contributed by atoms with Gasteiger partial charge in [-0.2, -0.15) is 0 Å². The molecule has 152 valence electrons. The van der Waals surface area contributed by atoms with Crippen LogP contribution >= 0.6 is 0 Å². The number of nitrogens with one attached hydrogen (secondary N) is 2. The number of aromatic amines is 2. The third kappa shape index (κ3) is 3.68. The number of nitrogen functional groups attached to an aromatic ring is 1. The summed E-state index contributed by atoms with van der Waals surface area (Å²) in [5.41, 5.74) is 8.06. The summed E-state index contributed by atoms with van der Waals surface area (Å²) in [6.07, 6.45) is 3.78. The van der Waals surface area contributed by atoms with Crippen LogP contribution in [0.15, 0.2) is 39.6 Å². The van der Waals surface area contributed by atoms with E-state index in [2.05, 4.69) is 10.1 Å². The number of rotatable bonds is 6. The Kier molecular flexibility index (Phi) is 4.75. The molecule has 4 rings (SSSR count). The maximum absolute atomic E-state index is 12.2.